The van der Waals surface area contributed by atoms with Gasteiger partial charge in [-0.1, -0.05) is 103 Å². The summed E-state index contributed by atoms with van der Waals surface area (Å²) in [5.41, 5.74) is 0. The summed E-state index contributed by atoms with van der Waals surface area (Å²) in [5.74, 6) is 2.98. The first kappa shape index (κ1) is 36.2. The van der Waals surface area contributed by atoms with Crippen LogP contribution >= 0.6 is 11.8 Å². The smallest absolute Gasteiger partial charge is 0.219 e. The van der Waals surface area contributed by atoms with E-state index in [1.165, 1.54) is 121 Å². The molecule has 0 unspecified atom stereocenters. The largest absolute Gasteiger partial charge is 1.00 e. The number of halogens is 1. The van der Waals surface area contributed by atoms with Crippen LogP contribution in [0.15, 0.2) is 0 Å². The Hall–Kier alpha value is 0.0700. The van der Waals surface area contributed by atoms with Crippen LogP contribution in [0.4, 0.5) is 0 Å². The molecule has 5 heteroatoms. The molecule has 1 N–H and O–H groups in total. The molecule has 0 bridgehead atoms. The summed E-state index contributed by atoms with van der Waals surface area (Å²) in [6.45, 7) is 4.23. The lowest BCUT2D eigenvalue weighted by atomic mass is 10.1. The number of hydrogen-bond acceptors (Lipinski definition) is 2. The molecule has 34 heavy (non-hydrogen) atoms. The Morgan fingerprint density at radius 1 is 0.618 bits per heavy atom. The summed E-state index contributed by atoms with van der Waals surface area (Å²) in [7, 11) is 6.59. The van der Waals surface area contributed by atoms with E-state index in [-0.39, 0.29) is 18.3 Å². The summed E-state index contributed by atoms with van der Waals surface area (Å²) in [5, 5.41) is 3.07. The maximum Gasteiger partial charge on any atom is 0.219 e. The van der Waals surface area contributed by atoms with Crippen LogP contribution < -0.4 is 17.7 Å². The van der Waals surface area contributed by atoms with E-state index in [0.717, 1.165) is 30.4 Å². The standard InChI is InChI=1S/C29H60N2OS.ClH/c1-5-6-7-8-9-10-12-15-18-21-27-33-28-22-19-16-13-11-14-17-20-24-29(32)30-25-23-26-31(2,3)4;/h5-28H2,1-4H3;1H. The van der Waals surface area contributed by atoms with Gasteiger partial charge in [0.05, 0.1) is 27.7 Å². The van der Waals surface area contributed by atoms with Crippen LogP contribution in [-0.4, -0.2) is 56.1 Å². The summed E-state index contributed by atoms with van der Waals surface area (Å²) < 4.78 is 0.966. The SMILES string of the molecule is CCCCCCCCCCCCSCCCCCCCCCCC(=O)NCCC[N+](C)(C)C.[Cl-]. The second-order valence-corrected chi connectivity index (χ2v) is 12.3. The van der Waals surface area contributed by atoms with Crippen LogP contribution in [0.2, 0.25) is 0 Å². The highest BCUT2D eigenvalue weighted by Gasteiger charge is 2.06. The van der Waals surface area contributed by atoms with Crippen molar-refractivity contribution >= 4 is 17.7 Å². The van der Waals surface area contributed by atoms with Gasteiger partial charge in [-0.05, 0) is 30.8 Å². The maximum atomic E-state index is 11.9. The number of thioether (sulfide) groups is 1. The van der Waals surface area contributed by atoms with E-state index >= 15 is 0 Å². The van der Waals surface area contributed by atoms with Crippen LogP contribution in [-0.2, 0) is 4.79 Å². The van der Waals surface area contributed by atoms with E-state index < -0.39 is 0 Å². The average Bonchev–Trinajstić information content (AvgIpc) is 2.77. The molecular formula is C29H61ClN2OS. The monoisotopic (exact) mass is 520 g/mol. The third kappa shape index (κ3) is 32.1. The minimum Gasteiger partial charge on any atom is -1.00 e. The van der Waals surface area contributed by atoms with Gasteiger partial charge in [-0.25, -0.2) is 0 Å². The van der Waals surface area contributed by atoms with Gasteiger partial charge >= 0.3 is 0 Å². The summed E-state index contributed by atoms with van der Waals surface area (Å²) in [6.07, 6.45) is 26.6. The van der Waals surface area contributed by atoms with Gasteiger partial charge in [0.1, 0.15) is 0 Å². The molecule has 0 aliphatic carbocycles. The van der Waals surface area contributed by atoms with E-state index in [0.29, 0.717) is 6.42 Å². The average molecular weight is 521 g/mol. The van der Waals surface area contributed by atoms with Crippen molar-refractivity contribution in [2.24, 2.45) is 0 Å². The summed E-state index contributed by atoms with van der Waals surface area (Å²) in [4.78, 5) is 11.9. The van der Waals surface area contributed by atoms with E-state index in [9.17, 15) is 4.79 Å². The number of carbonyl (C=O) groups excluding carboxylic acids is 1. The van der Waals surface area contributed by atoms with Crippen molar-refractivity contribution in [3.8, 4) is 0 Å². The molecule has 3 nitrogen and oxygen atoms in total. The van der Waals surface area contributed by atoms with Crippen molar-refractivity contribution < 1.29 is 21.7 Å². The molecule has 0 saturated carbocycles. The van der Waals surface area contributed by atoms with Gasteiger partial charge in [-0.15, -0.1) is 0 Å². The zero-order valence-corrected chi connectivity index (χ0v) is 25.2. The fourth-order valence-electron chi connectivity index (χ4n) is 4.21. The van der Waals surface area contributed by atoms with E-state index in [1.54, 1.807) is 0 Å². The Morgan fingerprint density at radius 3 is 1.47 bits per heavy atom. The fourth-order valence-corrected chi connectivity index (χ4v) is 5.23. The van der Waals surface area contributed by atoms with E-state index in [2.05, 4.69) is 45.1 Å². The van der Waals surface area contributed by atoms with Crippen molar-refractivity contribution in [2.45, 2.75) is 135 Å². The first-order valence-electron chi connectivity index (χ1n) is 14.6. The highest BCUT2D eigenvalue weighted by atomic mass is 35.5. The number of quaternary nitrogens is 1. The zero-order chi connectivity index (χ0) is 24.5. The molecule has 0 fully saturated rings. The number of nitrogens with zero attached hydrogens (tertiary/aromatic N) is 1. The first-order chi connectivity index (χ1) is 16.0. The van der Waals surface area contributed by atoms with Crippen molar-refractivity contribution in [1.82, 2.24) is 5.32 Å². The quantitative estimate of drug-likeness (QED) is 0.123. The Labute approximate surface area is 225 Å². The number of rotatable bonds is 26. The molecule has 1 amide bonds. The third-order valence-electron chi connectivity index (χ3n) is 6.41. The molecule has 0 aromatic heterocycles. The van der Waals surface area contributed by atoms with Crippen molar-refractivity contribution in [3.63, 3.8) is 0 Å². The lowest BCUT2D eigenvalue weighted by Crippen LogP contribution is -3.00. The van der Waals surface area contributed by atoms with Gasteiger partial charge in [0.25, 0.3) is 0 Å². The molecule has 0 saturated heterocycles. The molecule has 0 radical (unpaired) electrons. The lowest BCUT2D eigenvalue weighted by Gasteiger charge is -2.23. The molecule has 0 atom stereocenters. The molecule has 0 heterocycles. The zero-order valence-electron chi connectivity index (χ0n) is 23.6. The van der Waals surface area contributed by atoms with Crippen LogP contribution in [0.25, 0.3) is 0 Å². The Kier molecular flexibility index (Phi) is 29.5. The number of unbranched alkanes of at least 4 members (excludes halogenated alkanes) is 16. The Morgan fingerprint density at radius 2 is 1.03 bits per heavy atom. The van der Waals surface area contributed by atoms with Crippen molar-refractivity contribution in [2.75, 3.05) is 45.7 Å². The normalized spacial score (nSPS) is 11.4. The summed E-state index contributed by atoms with van der Waals surface area (Å²) in [6, 6.07) is 0. The van der Waals surface area contributed by atoms with Crippen LogP contribution in [0.3, 0.4) is 0 Å². The molecule has 0 aliphatic heterocycles. The fraction of sp³-hybridized carbons (Fsp3) is 0.966. The molecule has 206 valence electrons. The molecule has 0 aliphatic rings. The maximum absolute atomic E-state index is 11.9. The second kappa shape index (κ2) is 27.7. The molecule has 0 rings (SSSR count). The number of hydrogen-bond donors (Lipinski definition) is 1. The molecule has 0 aromatic rings. The van der Waals surface area contributed by atoms with Crippen molar-refractivity contribution in [3.05, 3.63) is 0 Å². The highest BCUT2D eigenvalue weighted by Crippen LogP contribution is 2.15. The highest BCUT2D eigenvalue weighted by molar-refractivity contribution is 7.99. The van der Waals surface area contributed by atoms with Gasteiger partial charge in [0.2, 0.25) is 5.91 Å². The van der Waals surface area contributed by atoms with Gasteiger partial charge < -0.3 is 22.2 Å². The van der Waals surface area contributed by atoms with Crippen molar-refractivity contribution in [1.29, 1.82) is 0 Å². The van der Waals surface area contributed by atoms with Gasteiger partial charge in [0.15, 0.2) is 0 Å². The van der Waals surface area contributed by atoms with Gasteiger partial charge in [-0.2, -0.15) is 11.8 Å². The molecular weight excluding hydrogens is 460 g/mol. The van der Waals surface area contributed by atoms with E-state index in [1.807, 2.05) is 0 Å². The molecule has 0 aromatic carbocycles. The van der Waals surface area contributed by atoms with Gasteiger partial charge in [-0.3, -0.25) is 4.79 Å². The first-order valence-corrected chi connectivity index (χ1v) is 15.8. The van der Waals surface area contributed by atoms with E-state index in [4.69, 9.17) is 0 Å². The molecule has 0 spiro atoms. The predicted molar refractivity (Wildman–Crippen MR) is 151 cm³/mol. The second-order valence-electron chi connectivity index (χ2n) is 11.1. The topological polar surface area (TPSA) is 29.1 Å². The minimum absolute atomic E-state index is 0. The number of amides is 1. The van der Waals surface area contributed by atoms with Crippen LogP contribution in [0.5, 0.6) is 0 Å². The Balaban J connectivity index is 0. The van der Waals surface area contributed by atoms with Gasteiger partial charge in [0, 0.05) is 19.4 Å². The third-order valence-corrected chi connectivity index (χ3v) is 7.57. The van der Waals surface area contributed by atoms with Crippen LogP contribution in [0.1, 0.15) is 135 Å². The number of carbonyl (C=O) groups is 1. The lowest BCUT2D eigenvalue weighted by molar-refractivity contribution is -0.870. The predicted octanol–water partition coefficient (Wildman–Crippen LogP) is 5.37. The van der Waals surface area contributed by atoms with Crippen LogP contribution in [0, 0.1) is 0 Å². The Bertz CT molecular complexity index is 415. The minimum atomic E-state index is 0. The summed E-state index contributed by atoms with van der Waals surface area (Å²) >= 11 is 2.18. The number of nitrogens with one attached hydrogen (secondary N) is 1.